The fraction of sp³-hybridized carbons (Fsp3) is 0.458. The number of H-pyrrole nitrogens is 1. The van der Waals surface area contributed by atoms with Crippen molar-refractivity contribution in [2.45, 2.75) is 39.7 Å². The number of aromatic amines is 1. The number of ketones is 1. The van der Waals surface area contributed by atoms with E-state index in [1.165, 1.54) is 12.1 Å². The number of halogens is 1. The third-order valence-corrected chi connectivity index (χ3v) is 6.18. The van der Waals surface area contributed by atoms with Crippen LogP contribution in [0.5, 0.6) is 0 Å². The molecule has 2 aliphatic rings. The van der Waals surface area contributed by atoms with Gasteiger partial charge >= 0.3 is 0 Å². The van der Waals surface area contributed by atoms with Crippen LogP contribution in [0.1, 0.15) is 58.7 Å². The molecule has 6 nitrogen and oxygen atoms in total. The monoisotopic (exact) mass is 425 g/mol. The number of benzene rings is 1. The Labute approximate surface area is 181 Å². The smallest absolute Gasteiger partial charge is 0.261 e. The van der Waals surface area contributed by atoms with Gasteiger partial charge in [0.2, 0.25) is 0 Å². The summed E-state index contributed by atoms with van der Waals surface area (Å²) < 4.78 is 14.0. The van der Waals surface area contributed by atoms with Crippen molar-refractivity contribution in [2.75, 3.05) is 26.2 Å². The molecule has 0 radical (unpaired) electrons. The molecule has 7 heteroatoms. The molecule has 1 amide bonds. The maximum Gasteiger partial charge on any atom is 0.261 e. The zero-order valence-corrected chi connectivity index (χ0v) is 18.0. The van der Waals surface area contributed by atoms with Crippen molar-refractivity contribution in [2.24, 2.45) is 5.41 Å². The molecule has 1 N–H and O–H groups in total. The van der Waals surface area contributed by atoms with Gasteiger partial charge in [0, 0.05) is 56.0 Å². The molecule has 4 rings (SSSR count). The summed E-state index contributed by atoms with van der Waals surface area (Å²) in [6, 6.07) is 8.19. The van der Waals surface area contributed by atoms with E-state index in [0.29, 0.717) is 55.8 Å². The number of carbonyl (C=O) groups is 2. The second kappa shape index (κ2) is 8.38. The Balaban J connectivity index is 1.49. The summed E-state index contributed by atoms with van der Waals surface area (Å²) in [6.07, 6.45) is 1.73. The number of fused-ring (bicyclic) bond motifs is 1. The van der Waals surface area contributed by atoms with Crippen molar-refractivity contribution in [3.05, 3.63) is 68.9 Å². The molecule has 2 heterocycles. The Hall–Kier alpha value is -2.80. The molecule has 2 aromatic rings. The van der Waals surface area contributed by atoms with Crippen LogP contribution in [-0.4, -0.2) is 52.7 Å². The largest absolute Gasteiger partial charge is 0.337 e. The van der Waals surface area contributed by atoms with Crippen LogP contribution in [0.25, 0.3) is 0 Å². The Morgan fingerprint density at radius 2 is 1.87 bits per heavy atom. The third kappa shape index (κ3) is 4.61. The number of amides is 1. The topological polar surface area (TPSA) is 73.5 Å². The molecule has 0 saturated carbocycles. The lowest BCUT2D eigenvalue weighted by Crippen LogP contribution is -2.39. The molecular formula is C24H28FN3O3. The third-order valence-electron chi connectivity index (χ3n) is 6.18. The van der Waals surface area contributed by atoms with Crippen molar-refractivity contribution < 1.29 is 14.0 Å². The number of nitrogens with zero attached hydrogens (tertiary/aromatic N) is 2. The summed E-state index contributed by atoms with van der Waals surface area (Å²) in [5.41, 5.74) is 1.09. The van der Waals surface area contributed by atoms with Crippen molar-refractivity contribution in [1.29, 1.82) is 0 Å². The Kier molecular flexibility index (Phi) is 5.79. The average Bonchev–Trinajstić information content (AvgIpc) is 2.93. The first-order valence-electron chi connectivity index (χ1n) is 10.8. The van der Waals surface area contributed by atoms with Crippen LogP contribution in [0.4, 0.5) is 4.39 Å². The molecule has 1 fully saturated rings. The molecule has 0 spiro atoms. The summed E-state index contributed by atoms with van der Waals surface area (Å²) in [5.74, 6) is -0.619. The lowest BCUT2D eigenvalue weighted by atomic mass is 9.75. The number of hydrogen-bond donors (Lipinski definition) is 1. The highest BCUT2D eigenvalue weighted by atomic mass is 19.1. The van der Waals surface area contributed by atoms with Gasteiger partial charge in [0.15, 0.2) is 5.78 Å². The molecule has 0 bridgehead atoms. The highest BCUT2D eigenvalue weighted by molar-refractivity contribution is 6.02. The van der Waals surface area contributed by atoms with E-state index >= 15 is 0 Å². The van der Waals surface area contributed by atoms with Crippen molar-refractivity contribution >= 4 is 11.7 Å². The zero-order chi connectivity index (χ0) is 22.2. The van der Waals surface area contributed by atoms with Gasteiger partial charge in [-0.2, -0.15) is 0 Å². The van der Waals surface area contributed by atoms with Gasteiger partial charge in [-0.1, -0.05) is 32.0 Å². The summed E-state index contributed by atoms with van der Waals surface area (Å²) in [4.78, 5) is 44.9. The van der Waals surface area contributed by atoms with Gasteiger partial charge < -0.3 is 9.88 Å². The first-order valence-corrected chi connectivity index (χ1v) is 10.8. The van der Waals surface area contributed by atoms with Gasteiger partial charge in [0.1, 0.15) is 11.4 Å². The standard InChI is InChI=1S/C24H28FN3O3/c1-24(2)13-20-17(21(29)14-24)12-18(22(30)26-20)23(31)28-9-5-8-27(10-11-28)15-16-6-3-4-7-19(16)25/h3-4,6-7,12H,5,8-11,13-15H2,1-2H3,(H,26,30). The van der Waals surface area contributed by atoms with Crippen LogP contribution in [0.2, 0.25) is 0 Å². The Bertz CT molecular complexity index is 1080. The summed E-state index contributed by atoms with van der Waals surface area (Å²) in [7, 11) is 0. The molecule has 31 heavy (non-hydrogen) atoms. The first kappa shape index (κ1) is 21.4. The molecule has 1 aromatic heterocycles. The lowest BCUT2D eigenvalue weighted by Gasteiger charge is -2.30. The molecule has 1 aromatic carbocycles. The maximum atomic E-state index is 14.0. The van der Waals surface area contributed by atoms with Crippen LogP contribution in [0.3, 0.4) is 0 Å². The molecule has 0 atom stereocenters. The molecule has 1 aliphatic carbocycles. The number of Topliss-reactive ketones (excluding diaryl/α,β-unsaturated/α-hetero) is 1. The minimum atomic E-state index is -0.443. The second-order valence-electron chi connectivity index (χ2n) is 9.36. The predicted octanol–water partition coefficient (Wildman–Crippen LogP) is 3.02. The van der Waals surface area contributed by atoms with E-state index in [2.05, 4.69) is 9.88 Å². The highest BCUT2D eigenvalue weighted by Crippen LogP contribution is 2.33. The quantitative estimate of drug-likeness (QED) is 0.821. The van der Waals surface area contributed by atoms with Crippen LogP contribution in [-0.2, 0) is 13.0 Å². The molecule has 1 aliphatic heterocycles. The fourth-order valence-electron chi connectivity index (χ4n) is 4.56. The van der Waals surface area contributed by atoms with Gasteiger partial charge in [-0.05, 0) is 30.4 Å². The SMILES string of the molecule is CC1(C)CC(=O)c2cc(C(=O)N3CCCN(Cc4ccccc4F)CC3)c(=O)[nH]c2C1. The molecule has 164 valence electrons. The number of pyridine rings is 1. The molecular weight excluding hydrogens is 397 g/mol. The van der Waals surface area contributed by atoms with E-state index in [0.717, 1.165) is 13.0 Å². The number of aromatic nitrogens is 1. The number of nitrogens with one attached hydrogen (secondary N) is 1. The maximum absolute atomic E-state index is 14.0. The van der Waals surface area contributed by atoms with Crippen LogP contribution < -0.4 is 5.56 Å². The van der Waals surface area contributed by atoms with E-state index in [4.69, 9.17) is 0 Å². The second-order valence-corrected chi connectivity index (χ2v) is 9.36. The zero-order valence-electron chi connectivity index (χ0n) is 18.0. The van der Waals surface area contributed by atoms with Gasteiger partial charge in [0.05, 0.1) is 0 Å². The summed E-state index contributed by atoms with van der Waals surface area (Å²) in [6.45, 7) is 6.78. The highest BCUT2D eigenvalue weighted by Gasteiger charge is 2.33. The normalized spacial score (nSPS) is 19.1. The predicted molar refractivity (Wildman–Crippen MR) is 116 cm³/mol. The lowest BCUT2D eigenvalue weighted by molar-refractivity contribution is 0.0759. The fourth-order valence-corrected chi connectivity index (χ4v) is 4.56. The minimum Gasteiger partial charge on any atom is -0.337 e. The Morgan fingerprint density at radius 3 is 2.65 bits per heavy atom. The van der Waals surface area contributed by atoms with Crippen LogP contribution in [0.15, 0.2) is 35.1 Å². The average molecular weight is 426 g/mol. The van der Waals surface area contributed by atoms with Crippen LogP contribution >= 0.6 is 0 Å². The number of carbonyl (C=O) groups excluding carboxylic acids is 2. The minimum absolute atomic E-state index is 0.0226. The van der Waals surface area contributed by atoms with Gasteiger partial charge in [-0.3, -0.25) is 19.3 Å². The molecule has 1 saturated heterocycles. The van der Waals surface area contributed by atoms with E-state index < -0.39 is 5.56 Å². The van der Waals surface area contributed by atoms with Crippen molar-refractivity contribution in [1.82, 2.24) is 14.8 Å². The number of rotatable bonds is 3. The van der Waals surface area contributed by atoms with E-state index in [9.17, 15) is 18.8 Å². The Morgan fingerprint density at radius 1 is 1.10 bits per heavy atom. The van der Waals surface area contributed by atoms with E-state index in [-0.39, 0.29) is 28.5 Å². The van der Waals surface area contributed by atoms with Crippen LogP contribution in [0, 0.1) is 11.2 Å². The summed E-state index contributed by atoms with van der Waals surface area (Å²) in [5, 5.41) is 0. The van der Waals surface area contributed by atoms with Gasteiger partial charge in [-0.25, -0.2) is 4.39 Å². The first-order chi connectivity index (χ1) is 14.7. The van der Waals surface area contributed by atoms with Crippen molar-refractivity contribution in [3.63, 3.8) is 0 Å². The van der Waals surface area contributed by atoms with Crippen molar-refractivity contribution in [3.8, 4) is 0 Å². The van der Waals surface area contributed by atoms with Gasteiger partial charge in [-0.15, -0.1) is 0 Å². The molecule has 0 unspecified atom stereocenters. The van der Waals surface area contributed by atoms with E-state index in [1.807, 2.05) is 19.9 Å². The van der Waals surface area contributed by atoms with E-state index in [1.54, 1.807) is 17.0 Å². The number of hydrogen-bond acceptors (Lipinski definition) is 4. The summed E-state index contributed by atoms with van der Waals surface area (Å²) >= 11 is 0. The van der Waals surface area contributed by atoms with Gasteiger partial charge in [0.25, 0.3) is 11.5 Å².